The average molecular weight is 366 g/mol. The lowest BCUT2D eigenvalue weighted by Crippen LogP contribution is -2.39. The largest absolute Gasteiger partial charge is 0.474 e. The Labute approximate surface area is 139 Å². The molecule has 1 N–H and O–H groups in total. The highest BCUT2D eigenvalue weighted by molar-refractivity contribution is 9.09. The second-order valence-corrected chi connectivity index (χ2v) is 6.24. The molecule has 2 rings (SSSR count). The summed E-state index contributed by atoms with van der Waals surface area (Å²) in [5.41, 5.74) is 0.530. The first-order chi connectivity index (χ1) is 10.7. The maximum Gasteiger partial charge on any atom is 0.220 e. The molecular weight excluding hydrogens is 346 g/mol. The Morgan fingerprint density at radius 2 is 2.18 bits per heavy atom. The van der Waals surface area contributed by atoms with E-state index >= 15 is 0 Å². The van der Waals surface area contributed by atoms with Crippen molar-refractivity contribution < 1.29 is 9.53 Å². The molecule has 0 spiro atoms. The second kappa shape index (κ2) is 8.74. The van der Waals surface area contributed by atoms with Gasteiger partial charge in [-0.05, 0) is 38.2 Å². The number of carbonyl (C=O) groups excluding carboxylic acids is 1. The minimum atomic E-state index is 0.135. The van der Waals surface area contributed by atoms with Gasteiger partial charge in [0.2, 0.25) is 11.8 Å². The predicted octanol–water partition coefficient (Wildman–Crippen LogP) is 2.93. The molecule has 0 aliphatic heterocycles. The minimum Gasteiger partial charge on any atom is -0.474 e. The molecule has 0 unspecified atom stereocenters. The van der Waals surface area contributed by atoms with Crippen LogP contribution in [0.2, 0.25) is 0 Å². The number of rotatable bonds is 6. The van der Waals surface area contributed by atoms with Crippen LogP contribution in [0.4, 0.5) is 0 Å². The van der Waals surface area contributed by atoms with Crippen LogP contribution in [0.3, 0.4) is 0 Å². The first-order valence-corrected chi connectivity index (χ1v) is 8.71. The lowest BCUT2D eigenvalue weighted by atomic mass is 9.93. The van der Waals surface area contributed by atoms with Gasteiger partial charge in [0.15, 0.2) is 0 Å². The van der Waals surface area contributed by atoms with Crippen molar-refractivity contribution in [3.8, 4) is 11.9 Å². The van der Waals surface area contributed by atoms with E-state index < -0.39 is 0 Å². The third-order valence-electron chi connectivity index (χ3n) is 3.73. The smallest absolute Gasteiger partial charge is 0.220 e. The summed E-state index contributed by atoms with van der Waals surface area (Å²) in [5, 5.41) is 12.7. The van der Waals surface area contributed by atoms with Crippen LogP contribution in [-0.2, 0) is 4.79 Å². The fourth-order valence-corrected chi connectivity index (χ4v) is 2.82. The molecule has 5 nitrogen and oxygen atoms in total. The van der Waals surface area contributed by atoms with Crippen molar-refractivity contribution in [1.29, 1.82) is 5.26 Å². The molecule has 0 saturated heterocycles. The number of nitrogens with one attached hydrogen (secondary N) is 1. The van der Waals surface area contributed by atoms with Crippen LogP contribution >= 0.6 is 15.9 Å². The summed E-state index contributed by atoms with van der Waals surface area (Å²) in [4.78, 5) is 15.8. The van der Waals surface area contributed by atoms with Gasteiger partial charge in [0, 0.05) is 30.1 Å². The molecule has 1 aliphatic rings. The number of aromatic nitrogens is 1. The predicted molar refractivity (Wildman–Crippen MR) is 86.8 cm³/mol. The first-order valence-electron chi connectivity index (χ1n) is 7.59. The molecule has 0 aromatic carbocycles. The van der Waals surface area contributed by atoms with E-state index in [-0.39, 0.29) is 18.1 Å². The lowest BCUT2D eigenvalue weighted by Gasteiger charge is -2.29. The summed E-state index contributed by atoms with van der Waals surface area (Å²) in [6.45, 7) is 0. The summed E-state index contributed by atoms with van der Waals surface area (Å²) in [6, 6.07) is 5.73. The molecule has 0 bridgehead atoms. The van der Waals surface area contributed by atoms with E-state index in [4.69, 9.17) is 10.00 Å². The molecular formula is C16H20BrN3O2. The molecule has 6 heteroatoms. The zero-order valence-electron chi connectivity index (χ0n) is 12.4. The molecule has 1 saturated carbocycles. The lowest BCUT2D eigenvalue weighted by molar-refractivity contribution is -0.122. The minimum absolute atomic E-state index is 0.135. The Hall–Kier alpha value is -1.61. The first kappa shape index (κ1) is 16.8. The molecule has 0 atom stereocenters. The number of ether oxygens (including phenoxy) is 1. The third-order valence-corrected chi connectivity index (χ3v) is 4.29. The van der Waals surface area contributed by atoms with E-state index in [9.17, 15) is 4.79 Å². The van der Waals surface area contributed by atoms with E-state index in [0.717, 1.165) is 37.4 Å². The van der Waals surface area contributed by atoms with Crippen LogP contribution in [0, 0.1) is 11.3 Å². The Kier molecular flexibility index (Phi) is 6.66. The zero-order valence-corrected chi connectivity index (χ0v) is 14.0. The summed E-state index contributed by atoms with van der Waals surface area (Å²) in [6.07, 6.45) is 6.78. The number of halogens is 1. The number of amides is 1. The highest BCUT2D eigenvalue weighted by Gasteiger charge is 2.23. The van der Waals surface area contributed by atoms with Crippen LogP contribution in [-0.4, -0.2) is 28.4 Å². The highest BCUT2D eigenvalue weighted by Crippen LogP contribution is 2.23. The number of alkyl halides is 1. The molecule has 1 aliphatic carbocycles. The van der Waals surface area contributed by atoms with Crippen LogP contribution < -0.4 is 10.1 Å². The van der Waals surface area contributed by atoms with Crippen LogP contribution in [0.15, 0.2) is 18.3 Å². The van der Waals surface area contributed by atoms with Gasteiger partial charge in [-0.25, -0.2) is 4.98 Å². The Balaban J connectivity index is 1.72. The van der Waals surface area contributed by atoms with Crippen molar-refractivity contribution in [3.63, 3.8) is 0 Å². The van der Waals surface area contributed by atoms with Gasteiger partial charge in [-0.3, -0.25) is 4.79 Å². The normalized spacial score (nSPS) is 20.9. The molecule has 1 amide bonds. The molecule has 1 fully saturated rings. The van der Waals surface area contributed by atoms with Crippen LogP contribution in [0.1, 0.15) is 44.1 Å². The number of carbonyl (C=O) groups is 1. The van der Waals surface area contributed by atoms with Gasteiger partial charge in [0.25, 0.3) is 0 Å². The molecule has 22 heavy (non-hydrogen) atoms. The number of nitrogens with zero attached hydrogens (tertiary/aromatic N) is 2. The standard InChI is InChI=1S/C16H20BrN3O2/c17-9-1-2-15(21)20-13-4-6-14(7-5-13)22-16-8-3-12(10-18)11-19-16/h3,8,11,13-14H,1-2,4-7,9H2,(H,20,21). The number of pyridine rings is 1. The van der Waals surface area contributed by atoms with E-state index in [1.807, 2.05) is 6.07 Å². The van der Waals surface area contributed by atoms with Gasteiger partial charge >= 0.3 is 0 Å². The Morgan fingerprint density at radius 1 is 1.41 bits per heavy atom. The topological polar surface area (TPSA) is 75.0 Å². The fourth-order valence-electron chi connectivity index (χ4n) is 2.54. The monoisotopic (exact) mass is 365 g/mol. The van der Waals surface area contributed by atoms with Gasteiger partial charge in [-0.1, -0.05) is 15.9 Å². The van der Waals surface area contributed by atoms with Crippen molar-refractivity contribution >= 4 is 21.8 Å². The van der Waals surface area contributed by atoms with Crippen LogP contribution in [0.25, 0.3) is 0 Å². The second-order valence-electron chi connectivity index (χ2n) is 5.45. The van der Waals surface area contributed by atoms with Crippen molar-refractivity contribution in [2.45, 2.75) is 50.7 Å². The average Bonchev–Trinajstić information content (AvgIpc) is 2.55. The summed E-state index contributed by atoms with van der Waals surface area (Å²) >= 11 is 3.33. The van der Waals surface area contributed by atoms with Gasteiger partial charge in [0.1, 0.15) is 12.2 Å². The Morgan fingerprint density at radius 3 is 2.77 bits per heavy atom. The van der Waals surface area contributed by atoms with E-state index in [2.05, 4.69) is 26.2 Å². The Bertz CT molecular complexity index is 519. The number of nitriles is 1. The van der Waals surface area contributed by atoms with Crippen molar-refractivity contribution in [2.24, 2.45) is 0 Å². The summed E-state index contributed by atoms with van der Waals surface area (Å²) < 4.78 is 5.83. The van der Waals surface area contributed by atoms with Crippen molar-refractivity contribution in [3.05, 3.63) is 23.9 Å². The molecule has 1 aromatic rings. The maximum absolute atomic E-state index is 11.7. The van der Waals surface area contributed by atoms with E-state index in [0.29, 0.717) is 17.9 Å². The molecule has 1 heterocycles. The van der Waals surface area contributed by atoms with E-state index in [1.54, 1.807) is 12.1 Å². The van der Waals surface area contributed by atoms with Crippen molar-refractivity contribution in [2.75, 3.05) is 5.33 Å². The van der Waals surface area contributed by atoms with Gasteiger partial charge in [-0.2, -0.15) is 5.26 Å². The van der Waals surface area contributed by atoms with E-state index in [1.165, 1.54) is 6.20 Å². The number of hydrogen-bond donors (Lipinski definition) is 1. The van der Waals surface area contributed by atoms with Crippen molar-refractivity contribution in [1.82, 2.24) is 10.3 Å². The third kappa shape index (κ3) is 5.30. The maximum atomic E-state index is 11.7. The molecule has 1 aromatic heterocycles. The van der Waals surface area contributed by atoms with Crippen LogP contribution in [0.5, 0.6) is 5.88 Å². The molecule has 118 valence electrons. The molecule has 0 radical (unpaired) electrons. The van der Waals surface area contributed by atoms with Gasteiger partial charge in [0.05, 0.1) is 5.56 Å². The van der Waals surface area contributed by atoms with Gasteiger partial charge in [-0.15, -0.1) is 0 Å². The quantitative estimate of drug-likeness (QED) is 0.786. The fraction of sp³-hybridized carbons (Fsp3) is 0.562. The summed E-state index contributed by atoms with van der Waals surface area (Å²) in [5.74, 6) is 0.696. The van der Waals surface area contributed by atoms with Gasteiger partial charge < -0.3 is 10.1 Å². The zero-order chi connectivity index (χ0) is 15.8. The number of hydrogen-bond acceptors (Lipinski definition) is 4. The summed E-state index contributed by atoms with van der Waals surface area (Å²) in [7, 11) is 0. The highest BCUT2D eigenvalue weighted by atomic mass is 79.9. The SMILES string of the molecule is N#Cc1ccc(OC2CCC(NC(=O)CCCBr)CC2)nc1.